The van der Waals surface area contributed by atoms with Crippen LogP contribution in [0.1, 0.15) is 11.1 Å². The molecule has 0 saturated heterocycles. The number of nitrogens with zero attached hydrogens (tertiary/aromatic N) is 1. The van der Waals surface area contributed by atoms with Gasteiger partial charge in [0, 0.05) is 5.02 Å². The average molecular weight is 425 g/mol. The first-order valence-electron chi connectivity index (χ1n) is 9.18. The highest BCUT2D eigenvalue weighted by molar-refractivity contribution is 6.30. The van der Waals surface area contributed by atoms with E-state index in [1.807, 2.05) is 48.5 Å². The van der Waals surface area contributed by atoms with Gasteiger partial charge in [-0.25, -0.2) is 5.43 Å². The van der Waals surface area contributed by atoms with E-state index in [0.717, 1.165) is 22.6 Å². The van der Waals surface area contributed by atoms with Crippen molar-refractivity contribution in [3.8, 4) is 17.2 Å². The van der Waals surface area contributed by atoms with Crippen molar-refractivity contribution in [3.05, 3.63) is 88.9 Å². The fraction of sp³-hybridized carbons (Fsp3) is 0.130. The molecule has 30 heavy (non-hydrogen) atoms. The number of hydrogen-bond donors (Lipinski definition) is 1. The summed E-state index contributed by atoms with van der Waals surface area (Å²) >= 11 is 5.87. The first-order chi connectivity index (χ1) is 14.6. The van der Waals surface area contributed by atoms with Crippen molar-refractivity contribution >= 4 is 23.7 Å². The molecule has 0 fully saturated rings. The second-order valence-corrected chi connectivity index (χ2v) is 6.68. The molecule has 7 heteroatoms. The van der Waals surface area contributed by atoms with E-state index < -0.39 is 0 Å². The first-order valence-corrected chi connectivity index (χ1v) is 9.56. The standard InChI is InChI=1S/C23H21ClN2O4/c1-28-20-10-12-22(13-11-20)30-16-23(27)26-25-14-17-4-8-21(9-5-17)29-15-18-2-6-19(24)7-3-18/h2-14H,15-16H2,1H3,(H,26,27)/b25-14-. The smallest absolute Gasteiger partial charge is 0.277 e. The first kappa shape index (κ1) is 21.2. The van der Waals surface area contributed by atoms with Gasteiger partial charge in [-0.05, 0) is 71.8 Å². The predicted molar refractivity (Wildman–Crippen MR) is 116 cm³/mol. The van der Waals surface area contributed by atoms with Crippen molar-refractivity contribution in [3.63, 3.8) is 0 Å². The molecule has 3 aromatic rings. The maximum atomic E-state index is 11.8. The zero-order chi connectivity index (χ0) is 21.2. The molecule has 6 nitrogen and oxygen atoms in total. The number of methoxy groups -OCH3 is 1. The molecule has 0 aliphatic heterocycles. The zero-order valence-electron chi connectivity index (χ0n) is 16.4. The summed E-state index contributed by atoms with van der Waals surface area (Å²) in [6.07, 6.45) is 1.55. The van der Waals surface area contributed by atoms with E-state index in [1.165, 1.54) is 0 Å². The molecule has 0 unspecified atom stereocenters. The lowest BCUT2D eigenvalue weighted by Crippen LogP contribution is -2.24. The fourth-order valence-electron chi connectivity index (χ4n) is 2.43. The van der Waals surface area contributed by atoms with Crippen LogP contribution in [0.25, 0.3) is 0 Å². The van der Waals surface area contributed by atoms with Crippen molar-refractivity contribution in [1.29, 1.82) is 0 Å². The maximum Gasteiger partial charge on any atom is 0.277 e. The lowest BCUT2D eigenvalue weighted by atomic mass is 10.2. The van der Waals surface area contributed by atoms with Crippen molar-refractivity contribution in [2.45, 2.75) is 6.61 Å². The number of hydrazone groups is 1. The monoisotopic (exact) mass is 424 g/mol. The quantitative estimate of drug-likeness (QED) is 0.407. The molecule has 0 aliphatic rings. The third-order valence-corrected chi connectivity index (χ3v) is 4.28. The number of hydrogen-bond acceptors (Lipinski definition) is 5. The molecule has 1 amide bonds. The maximum absolute atomic E-state index is 11.8. The van der Waals surface area contributed by atoms with Crippen LogP contribution in [0.5, 0.6) is 17.2 Å². The van der Waals surface area contributed by atoms with Crippen LogP contribution in [0.15, 0.2) is 77.9 Å². The molecule has 0 atom stereocenters. The van der Waals surface area contributed by atoms with Crippen LogP contribution in [0.3, 0.4) is 0 Å². The van der Waals surface area contributed by atoms with E-state index in [0.29, 0.717) is 17.4 Å². The van der Waals surface area contributed by atoms with Crippen LogP contribution in [-0.2, 0) is 11.4 Å². The van der Waals surface area contributed by atoms with Gasteiger partial charge in [0.25, 0.3) is 5.91 Å². The Morgan fingerprint density at radius 1 is 0.900 bits per heavy atom. The lowest BCUT2D eigenvalue weighted by Gasteiger charge is -2.07. The molecule has 0 heterocycles. The van der Waals surface area contributed by atoms with Crippen molar-refractivity contribution in [2.24, 2.45) is 5.10 Å². The number of benzene rings is 3. The zero-order valence-corrected chi connectivity index (χ0v) is 17.1. The molecule has 3 aromatic carbocycles. The Kier molecular flexibility index (Phi) is 7.69. The van der Waals surface area contributed by atoms with Crippen LogP contribution in [0, 0.1) is 0 Å². The van der Waals surface area contributed by atoms with Gasteiger partial charge >= 0.3 is 0 Å². The van der Waals surface area contributed by atoms with E-state index in [4.69, 9.17) is 25.8 Å². The number of halogens is 1. The molecule has 0 aromatic heterocycles. The Hall–Kier alpha value is -3.51. The molecule has 3 rings (SSSR count). The second kappa shape index (κ2) is 10.9. The molecule has 0 bridgehead atoms. The van der Waals surface area contributed by atoms with Crippen LogP contribution < -0.4 is 19.6 Å². The van der Waals surface area contributed by atoms with Gasteiger partial charge < -0.3 is 14.2 Å². The van der Waals surface area contributed by atoms with Crippen LogP contribution in [-0.4, -0.2) is 25.8 Å². The van der Waals surface area contributed by atoms with Crippen molar-refractivity contribution < 1.29 is 19.0 Å². The molecule has 0 radical (unpaired) electrons. The van der Waals surface area contributed by atoms with E-state index in [2.05, 4.69) is 10.5 Å². The summed E-state index contributed by atoms with van der Waals surface area (Å²) in [5.74, 6) is 1.67. The molecule has 0 saturated carbocycles. The third kappa shape index (κ3) is 6.83. The summed E-state index contributed by atoms with van der Waals surface area (Å²) in [5, 5.41) is 4.63. The Labute approximate surface area is 180 Å². The summed E-state index contributed by atoms with van der Waals surface area (Å²) in [6.45, 7) is 0.315. The summed E-state index contributed by atoms with van der Waals surface area (Å²) in [6, 6.07) is 21.8. The Balaban J connectivity index is 1.40. The summed E-state index contributed by atoms with van der Waals surface area (Å²) in [4.78, 5) is 11.8. The summed E-state index contributed by atoms with van der Waals surface area (Å²) in [7, 11) is 1.59. The summed E-state index contributed by atoms with van der Waals surface area (Å²) in [5.41, 5.74) is 4.28. The van der Waals surface area contributed by atoms with Crippen molar-refractivity contribution in [2.75, 3.05) is 13.7 Å². The molecule has 154 valence electrons. The Bertz CT molecular complexity index is 972. The van der Waals surface area contributed by atoms with Crippen molar-refractivity contribution in [1.82, 2.24) is 5.43 Å². The SMILES string of the molecule is COc1ccc(OCC(=O)N/N=C\c2ccc(OCc3ccc(Cl)cc3)cc2)cc1. The highest BCUT2D eigenvalue weighted by atomic mass is 35.5. The predicted octanol–water partition coefficient (Wildman–Crippen LogP) is 4.46. The van der Waals surface area contributed by atoms with Gasteiger partial charge in [0.05, 0.1) is 13.3 Å². The number of nitrogens with one attached hydrogen (secondary N) is 1. The molecule has 0 spiro atoms. The van der Waals surface area contributed by atoms with Gasteiger partial charge in [-0.15, -0.1) is 0 Å². The molecular formula is C23H21ClN2O4. The van der Waals surface area contributed by atoms with Crippen LogP contribution >= 0.6 is 11.6 Å². The van der Waals surface area contributed by atoms with Gasteiger partial charge in [0.15, 0.2) is 6.61 Å². The van der Waals surface area contributed by atoms with Gasteiger partial charge in [-0.1, -0.05) is 23.7 Å². The van der Waals surface area contributed by atoms with Gasteiger partial charge in [0.1, 0.15) is 23.9 Å². The largest absolute Gasteiger partial charge is 0.497 e. The topological polar surface area (TPSA) is 69.2 Å². The fourth-order valence-corrected chi connectivity index (χ4v) is 2.56. The average Bonchev–Trinajstić information content (AvgIpc) is 2.78. The Morgan fingerprint density at radius 3 is 2.17 bits per heavy atom. The third-order valence-electron chi connectivity index (χ3n) is 4.03. The number of ether oxygens (including phenoxy) is 3. The highest BCUT2D eigenvalue weighted by Crippen LogP contribution is 2.17. The summed E-state index contributed by atoms with van der Waals surface area (Å²) < 4.78 is 16.2. The minimum absolute atomic E-state index is 0.138. The van der Waals surface area contributed by atoms with Crippen LogP contribution in [0.4, 0.5) is 0 Å². The van der Waals surface area contributed by atoms with Gasteiger partial charge in [-0.2, -0.15) is 5.10 Å². The minimum Gasteiger partial charge on any atom is -0.497 e. The van der Waals surface area contributed by atoms with E-state index in [1.54, 1.807) is 37.6 Å². The lowest BCUT2D eigenvalue weighted by molar-refractivity contribution is -0.123. The number of amides is 1. The number of carbonyl (C=O) groups is 1. The minimum atomic E-state index is -0.356. The van der Waals surface area contributed by atoms with E-state index >= 15 is 0 Å². The van der Waals surface area contributed by atoms with Gasteiger partial charge in [0.2, 0.25) is 0 Å². The normalized spacial score (nSPS) is 10.6. The highest BCUT2D eigenvalue weighted by Gasteiger charge is 2.02. The Morgan fingerprint density at radius 2 is 1.50 bits per heavy atom. The number of carbonyl (C=O) groups excluding carboxylic acids is 1. The van der Waals surface area contributed by atoms with E-state index in [-0.39, 0.29) is 12.5 Å². The van der Waals surface area contributed by atoms with Gasteiger partial charge in [-0.3, -0.25) is 4.79 Å². The molecular weight excluding hydrogens is 404 g/mol. The number of rotatable bonds is 9. The van der Waals surface area contributed by atoms with E-state index in [9.17, 15) is 4.79 Å². The second-order valence-electron chi connectivity index (χ2n) is 6.24. The molecule has 0 aliphatic carbocycles. The van der Waals surface area contributed by atoms with Crippen LogP contribution in [0.2, 0.25) is 5.02 Å². The molecule has 1 N–H and O–H groups in total.